The number of hydrogen-bond donors (Lipinski definition) is 0. The molecule has 0 radical (unpaired) electrons. The van der Waals surface area contributed by atoms with Crippen molar-refractivity contribution in [3.63, 3.8) is 0 Å². The molecule has 0 saturated heterocycles. The highest BCUT2D eigenvalue weighted by Crippen LogP contribution is 2.32. The monoisotopic (exact) mass is 275 g/mol. The maximum absolute atomic E-state index is 10.8. The van der Waals surface area contributed by atoms with Gasteiger partial charge in [-0.3, -0.25) is 10.1 Å². The summed E-state index contributed by atoms with van der Waals surface area (Å²) < 4.78 is 5.26. The largest absolute Gasteiger partial charge is 0.487 e. The first kappa shape index (κ1) is 14.1. The summed E-state index contributed by atoms with van der Waals surface area (Å²) in [4.78, 5) is 11.3. The zero-order valence-corrected chi connectivity index (χ0v) is 11.1. The molecule has 17 heavy (non-hydrogen) atoms. The Hall–Kier alpha value is -0.940. The fourth-order valence-electron chi connectivity index (χ4n) is 1.25. The molecule has 0 atom stereocenters. The van der Waals surface area contributed by atoms with Crippen LogP contribution in [0.5, 0.6) is 5.75 Å². The van der Waals surface area contributed by atoms with E-state index in [4.69, 9.17) is 16.3 Å². The number of thioether (sulfide) groups is 1. The van der Waals surface area contributed by atoms with E-state index in [1.807, 2.05) is 0 Å². The van der Waals surface area contributed by atoms with Crippen LogP contribution in [0.1, 0.15) is 13.3 Å². The van der Waals surface area contributed by atoms with Crippen LogP contribution in [0.4, 0.5) is 5.69 Å². The lowest BCUT2D eigenvalue weighted by molar-refractivity contribution is -0.385. The lowest BCUT2D eigenvalue weighted by Gasteiger charge is -2.06. The lowest BCUT2D eigenvalue weighted by atomic mass is 10.3. The molecular weight excluding hydrogens is 262 g/mol. The van der Waals surface area contributed by atoms with Gasteiger partial charge in [-0.2, -0.15) is 0 Å². The lowest BCUT2D eigenvalue weighted by Crippen LogP contribution is -1.97. The average molecular weight is 276 g/mol. The number of ether oxygens (including phenoxy) is 1. The Kier molecular flexibility index (Phi) is 6.15. The van der Waals surface area contributed by atoms with Gasteiger partial charge in [-0.05, 0) is 25.2 Å². The van der Waals surface area contributed by atoms with Crippen molar-refractivity contribution in [1.82, 2.24) is 0 Å². The van der Waals surface area contributed by atoms with Crippen LogP contribution in [-0.4, -0.2) is 23.2 Å². The second kappa shape index (κ2) is 7.40. The zero-order chi connectivity index (χ0) is 12.7. The van der Waals surface area contributed by atoms with Gasteiger partial charge < -0.3 is 4.74 Å². The Morgan fingerprint density at radius 1 is 1.53 bits per heavy atom. The van der Waals surface area contributed by atoms with Crippen LogP contribution in [0.3, 0.4) is 0 Å². The molecule has 0 bridgehead atoms. The highest BCUT2D eigenvalue weighted by Gasteiger charge is 2.15. The minimum absolute atomic E-state index is 0.00791. The normalized spacial score (nSPS) is 10.2. The summed E-state index contributed by atoms with van der Waals surface area (Å²) in [7, 11) is 0. The predicted molar refractivity (Wildman–Crippen MR) is 70.3 cm³/mol. The van der Waals surface area contributed by atoms with Crippen molar-refractivity contribution >= 4 is 29.1 Å². The number of alkyl halides is 1. The first-order valence-corrected chi connectivity index (χ1v) is 6.81. The van der Waals surface area contributed by atoms with Crippen LogP contribution < -0.4 is 4.74 Å². The predicted octanol–water partition coefficient (Wildman–Crippen LogP) is 3.71. The maximum Gasteiger partial charge on any atom is 0.310 e. The number of halogens is 1. The van der Waals surface area contributed by atoms with Gasteiger partial charge in [0.25, 0.3) is 0 Å². The van der Waals surface area contributed by atoms with Crippen LogP contribution in [-0.2, 0) is 0 Å². The Morgan fingerprint density at radius 2 is 2.29 bits per heavy atom. The number of hydrogen-bond acceptors (Lipinski definition) is 4. The van der Waals surface area contributed by atoms with E-state index in [-0.39, 0.29) is 5.69 Å². The number of rotatable bonds is 7. The second-order valence-electron chi connectivity index (χ2n) is 3.21. The van der Waals surface area contributed by atoms with Gasteiger partial charge in [0.1, 0.15) is 0 Å². The van der Waals surface area contributed by atoms with Crippen LogP contribution in [0.15, 0.2) is 23.1 Å². The second-order valence-corrected chi connectivity index (χ2v) is 4.76. The van der Waals surface area contributed by atoms with E-state index in [1.165, 1.54) is 6.07 Å². The van der Waals surface area contributed by atoms with E-state index in [0.29, 0.717) is 18.2 Å². The molecule has 94 valence electrons. The molecular formula is C11H14ClNO3S. The van der Waals surface area contributed by atoms with Gasteiger partial charge in [0, 0.05) is 22.9 Å². The van der Waals surface area contributed by atoms with Gasteiger partial charge in [0.05, 0.1) is 11.5 Å². The third kappa shape index (κ3) is 4.44. The fourth-order valence-corrected chi connectivity index (χ4v) is 2.42. The van der Waals surface area contributed by atoms with Crippen molar-refractivity contribution < 1.29 is 9.66 Å². The van der Waals surface area contributed by atoms with E-state index in [1.54, 1.807) is 30.8 Å². The number of nitro groups is 1. The van der Waals surface area contributed by atoms with E-state index in [9.17, 15) is 10.1 Å². The molecule has 1 rings (SSSR count). The molecule has 0 unspecified atom stereocenters. The molecule has 0 aromatic heterocycles. The van der Waals surface area contributed by atoms with Crippen molar-refractivity contribution in [3.05, 3.63) is 28.3 Å². The van der Waals surface area contributed by atoms with Crippen LogP contribution in [0.25, 0.3) is 0 Å². The van der Waals surface area contributed by atoms with Crippen LogP contribution in [0, 0.1) is 10.1 Å². The van der Waals surface area contributed by atoms with Crippen molar-refractivity contribution in [1.29, 1.82) is 0 Å². The molecule has 0 aliphatic heterocycles. The SMILES string of the molecule is CCOc1cc(SCCCCl)ccc1[N+](=O)[O-]. The van der Waals surface area contributed by atoms with E-state index < -0.39 is 4.92 Å². The molecule has 0 spiro atoms. The summed E-state index contributed by atoms with van der Waals surface area (Å²) in [6.45, 7) is 2.22. The molecule has 0 aliphatic rings. The third-order valence-corrected chi connectivity index (χ3v) is 3.32. The van der Waals surface area contributed by atoms with Crippen molar-refractivity contribution in [2.75, 3.05) is 18.2 Å². The molecule has 0 fully saturated rings. The van der Waals surface area contributed by atoms with Gasteiger partial charge in [-0.25, -0.2) is 0 Å². The minimum atomic E-state index is -0.432. The first-order chi connectivity index (χ1) is 8.19. The van der Waals surface area contributed by atoms with Crippen molar-refractivity contribution in [2.45, 2.75) is 18.2 Å². The minimum Gasteiger partial charge on any atom is -0.487 e. The van der Waals surface area contributed by atoms with E-state index in [0.717, 1.165) is 17.1 Å². The molecule has 1 aromatic rings. The first-order valence-electron chi connectivity index (χ1n) is 5.29. The highest BCUT2D eigenvalue weighted by molar-refractivity contribution is 7.99. The van der Waals surface area contributed by atoms with Gasteiger partial charge >= 0.3 is 5.69 Å². The standard InChI is InChI=1S/C11H14ClNO3S/c1-2-16-11-8-9(17-7-3-6-12)4-5-10(11)13(14)15/h4-5,8H,2-3,6-7H2,1H3. The van der Waals surface area contributed by atoms with Crippen molar-refractivity contribution in [3.8, 4) is 5.75 Å². The summed E-state index contributed by atoms with van der Waals surface area (Å²) in [5.74, 6) is 1.85. The summed E-state index contributed by atoms with van der Waals surface area (Å²) in [5, 5.41) is 10.8. The topological polar surface area (TPSA) is 52.4 Å². The number of nitrogens with zero attached hydrogens (tertiary/aromatic N) is 1. The Bertz CT molecular complexity index is 387. The Balaban J connectivity index is 2.81. The number of benzene rings is 1. The van der Waals surface area contributed by atoms with Gasteiger partial charge in [-0.15, -0.1) is 23.4 Å². The zero-order valence-electron chi connectivity index (χ0n) is 9.52. The molecule has 0 aliphatic carbocycles. The fraction of sp³-hybridized carbons (Fsp3) is 0.455. The van der Waals surface area contributed by atoms with Gasteiger partial charge in [0.2, 0.25) is 0 Å². The molecule has 0 amide bonds. The Labute approximate surface area is 109 Å². The maximum atomic E-state index is 10.8. The van der Waals surface area contributed by atoms with Crippen LogP contribution >= 0.6 is 23.4 Å². The quantitative estimate of drug-likeness (QED) is 0.250. The number of nitro benzene ring substituents is 1. The van der Waals surface area contributed by atoms with Gasteiger partial charge in [0.15, 0.2) is 5.75 Å². The summed E-state index contributed by atoms with van der Waals surface area (Å²) in [6, 6.07) is 4.92. The summed E-state index contributed by atoms with van der Waals surface area (Å²) in [5.41, 5.74) is 0.00791. The molecule has 1 aromatic carbocycles. The third-order valence-electron chi connectivity index (χ3n) is 1.97. The molecule has 6 heteroatoms. The smallest absolute Gasteiger partial charge is 0.310 e. The van der Waals surface area contributed by atoms with E-state index in [2.05, 4.69) is 0 Å². The van der Waals surface area contributed by atoms with Gasteiger partial charge in [-0.1, -0.05) is 0 Å². The highest BCUT2D eigenvalue weighted by atomic mass is 35.5. The van der Waals surface area contributed by atoms with E-state index >= 15 is 0 Å². The summed E-state index contributed by atoms with van der Waals surface area (Å²) >= 11 is 7.21. The average Bonchev–Trinajstić information content (AvgIpc) is 2.30. The molecule has 0 heterocycles. The molecule has 0 N–H and O–H groups in total. The Morgan fingerprint density at radius 3 is 2.88 bits per heavy atom. The van der Waals surface area contributed by atoms with Crippen molar-refractivity contribution in [2.24, 2.45) is 0 Å². The summed E-state index contributed by atoms with van der Waals surface area (Å²) in [6.07, 6.45) is 0.910. The molecule has 0 saturated carbocycles. The van der Waals surface area contributed by atoms with Crippen LogP contribution in [0.2, 0.25) is 0 Å². The molecule has 4 nitrogen and oxygen atoms in total.